The van der Waals surface area contributed by atoms with Crippen LogP contribution in [0.2, 0.25) is 5.02 Å². The number of rotatable bonds is 4. The normalized spacial score (nSPS) is 23.1. The van der Waals surface area contributed by atoms with E-state index in [1.807, 2.05) is 6.07 Å². The molecule has 1 heterocycles. The number of aliphatic carboxylic acids is 1. The molecule has 114 valence electrons. The standard InChI is InChI=1S/C14H15ClFNO3S/c1-9(21-11-5-3-2-4-10(11)15)12(18)17-7-6-14(16,8-17)13(19)20/h2-5,9H,6-8H2,1H3,(H,19,20). The van der Waals surface area contributed by atoms with Gasteiger partial charge in [0.1, 0.15) is 0 Å². The number of hydrogen-bond acceptors (Lipinski definition) is 3. The van der Waals surface area contributed by atoms with Gasteiger partial charge in [0, 0.05) is 17.9 Å². The van der Waals surface area contributed by atoms with Gasteiger partial charge in [-0.1, -0.05) is 23.7 Å². The Kier molecular flexibility index (Phi) is 4.78. The van der Waals surface area contributed by atoms with E-state index in [0.717, 1.165) is 4.90 Å². The Bertz CT molecular complexity index is 571. The molecule has 0 spiro atoms. The number of likely N-dealkylation sites (tertiary alicyclic amines) is 1. The summed E-state index contributed by atoms with van der Waals surface area (Å²) in [6.07, 6.45) is -0.169. The van der Waals surface area contributed by atoms with Crippen LogP contribution in [-0.4, -0.2) is 45.9 Å². The first-order valence-electron chi connectivity index (χ1n) is 6.46. The van der Waals surface area contributed by atoms with Crippen molar-refractivity contribution in [2.45, 2.75) is 29.2 Å². The predicted molar refractivity (Wildman–Crippen MR) is 79.4 cm³/mol. The molecule has 1 N–H and O–H groups in total. The van der Waals surface area contributed by atoms with Crippen LogP contribution >= 0.6 is 23.4 Å². The summed E-state index contributed by atoms with van der Waals surface area (Å²) in [4.78, 5) is 25.2. The van der Waals surface area contributed by atoms with Crippen LogP contribution in [0, 0.1) is 0 Å². The van der Waals surface area contributed by atoms with Crippen molar-refractivity contribution < 1.29 is 19.1 Å². The maximum atomic E-state index is 14.0. The summed E-state index contributed by atoms with van der Waals surface area (Å²) >= 11 is 7.32. The minimum atomic E-state index is -2.33. The molecular weight excluding hydrogens is 317 g/mol. The smallest absolute Gasteiger partial charge is 0.343 e. The Morgan fingerprint density at radius 1 is 1.48 bits per heavy atom. The Morgan fingerprint density at radius 2 is 2.14 bits per heavy atom. The highest BCUT2D eigenvalue weighted by Crippen LogP contribution is 2.33. The van der Waals surface area contributed by atoms with Gasteiger partial charge in [0.2, 0.25) is 11.6 Å². The molecule has 2 rings (SSSR count). The molecule has 1 aromatic rings. The highest BCUT2D eigenvalue weighted by Gasteiger charge is 2.47. The van der Waals surface area contributed by atoms with Crippen molar-refractivity contribution in [3.05, 3.63) is 29.3 Å². The van der Waals surface area contributed by atoms with Gasteiger partial charge in [-0.3, -0.25) is 4.79 Å². The second-order valence-electron chi connectivity index (χ2n) is 4.97. The fraction of sp³-hybridized carbons (Fsp3) is 0.429. The van der Waals surface area contributed by atoms with Gasteiger partial charge < -0.3 is 10.0 Å². The summed E-state index contributed by atoms with van der Waals surface area (Å²) in [5.74, 6) is -1.79. The van der Waals surface area contributed by atoms with Gasteiger partial charge in [0.05, 0.1) is 16.8 Å². The number of carboxylic acids is 1. The fourth-order valence-electron chi connectivity index (χ4n) is 2.17. The summed E-state index contributed by atoms with van der Waals surface area (Å²) in [6.45, 7) is 1.43. The van der Waals surface area contributed by atoms with Crippen LogP contribution in [0.15, 0.2) is 29.2 Å². The van der Waals surface area contributed by atoms with Gasteiger partial charge >= 0.3 is 5.97 Å². The lowest BCUT2D eigenvalue weighted by Crippen LogP contribution is -2.41. The zero-order chi connectivity index (χ0) is 15.6. The molecule has 0 aliphatic carbocycles. The lowest BCUT2D eigenvalue weighted by atomic mass is 10.1. The molecule has 4 nitrogen and oxygen atoms in total. The Labute approximate surface area is 131 Å². The number of halogens is 2. The number of alkyl halides is 1. The number of nitrogens with zero attached hydrogens (tertiary/aromatic N) is 1. The average Bonchev–Trinajstić information content (AvgIpc) is 2.84. The lowest BCUT2D eigenvalue weighted by molar-refractivity contribution is -0.150. The van der Waals surface area contributed by atoms with Crippen LogP contribution < -0.4 is 0 Å². The van der Waals surface area contributed by atoms with Crippen molar-refractivity contribution in [1.29, 1.82) is 0 Å². The molecule has 1 aliphatic heterocycles. The predicted octanol–water partition coefficient (Wildman–Crippen LogP) is 2.85. The third-order valence-corrected chi connectivity index (χ3v) is 5.01. The van der Waals surface area contributed by atoms with E-state index < -0.39 is 23.4 Å². The molecule has 21 heavy (non-hydrogen) atoms. The Hall–Kier alpha value is -1.27. The minimum Gasteiger partial charge on any atom is -0.479 e. The summed E-state index contributed by atoms with van der Waals surface area (Å²) < 4.78 is 14.0. The second kappa shape index (κ2) is 6.23. The van der Waals surface area contributed by atoms with E-state index in [4.69, 9.17) is 16.7 Å². The molecule has 0 bridgehead atoms. The summed E-state index contributed by atoms with van der Waals surface area (Å²) in [5.41, 5.74) is -2.33. The van der Waals surface area contributed by atoms with E-state index in [0.29, 0.717) is 5.02 Å². The van der Waals surface area contributed by atoms with Gasteiger partial charge in [0.25, 0.3) is 0 Å². The maximum absolute atomic E-state index is 14.0. The minimum absolute atomic E-state index is 0.120. The molecule has 1 fully saturated rings. The molecule has 2 atom stereocenters. The number of thioether (sulfide) groups is 1. The van der Waals surface area contributed by atoms with Crippen molar-refractivity contribution >= 4 is 35.2 Å². The molecular formula is C14H15ClFNO3S. The van der Waals surface area contributed by atoms with E-state index in [1.165, 1.54) is 16.7 Å². The van der Waals surface area contributed by atoms with Crippen LogP contribution in [0.3, 0.4) is 0 Å². The second-order valence-corrected chi connectivity index (χ2v) is 6.76. The highest BCUT2D eigenvalue weighted by atomic mass is 35.5. The monoisotopic (exact) mass is 331 g/mol. The van der Waals surface area contributed by atoms with E-state index in [1.54, 1.807) is 25.1 Å². The third kappa shape index (κ3) is 3.49. The lowest BCUT2D eigenvalue weighted by Gasteiger charge is -2.21. The summed E-state index contributed by atoms with van der Waals surface area (Å²) in [7, 11) is 0. The van der Waals surface area contributed by atoms with Crippen molar-refractivity contribution in [3.63, 3.8) is 0 Å². The van der Waals surface area contributed by atoms with Crippen molar-refractivity contribution in [2.75, 3.05) is 13.1 Å². The maximum Gasteiger partial charge on any atom is 0.343 e. The number of benzene rings is 1. The molecule has 7 heteroatoms. The van der Waals surface area contributed by atoms with Gasteiger partial charge in [-0.05, 0) is 19.1 Å². The zero-order valence-corrected chi connectivity index (χ0v) is 13.0. The van der Waals surface area contributed by atoms with E-state index >= 15 is 0 Å². The quantitative estimate of drug-likeness (QED) is 0.862. The van der Waals surface area contributed by atoms with Gasteiger partial charge in [0.15, 0.2) is 0 Å². The topological polar surface area (TPSA) is 57.6 Å². The first-order chi connectivity index (χ1) is 9.83. The van der Waals surface area contributed by atoms with E-state index in [2.05, 4.69) is 0 Å². The molecule has 1 amide bonds. The molecule has 1 aliphatic rings. The number of carbonyl (C=O) groups excluding carboxylic acids is 1. The van der Waals surface area contributed by atoms with E-state index in [-0.39, 0.29) is 18.9 Å². The highest BCUT2D eigenvalue weighted by molar-refractivity contribution is 8.00. The van der Waals surface area contributed by atoms with Gasteiger partial charge in [-0.15, -0.1) is 11.8 Å². The molecule has 0 saturated carbocycles. The number of hydrogen-bond donors (Lipinski definition) is 1. The Morgan fingerprint density at radius 3 is 2.71 bits per heavy atom. The molecule has 1 saturated heterocycles. The van der Waals surface area contributed by atoms with Gasteiger partial charge in [-0.25, -0.2) is 9.18 Å². The van der Waals surface area contributed by atoms with Crippen LogP contribution in [0.1, 0.15) is 13.3 Å². The first kappa shape index (κ1) is 16.1. The fourth-order valence-corrected chi connectivity index (χ4v) is 3.41. The summed E-state index contributed by atoms with van der Waals surface area (Å²) in [5, 5.41) is 8.94. The van der Waals surface area contributed by atoms with Crippen LogP contribution in [-0.2, 0) is 9.59 Å². The largest absolute Gasteiger partial charge is 0.479 e. The SMILES string of the molecule is CC(Sc1ccccc1Cl)C(=O)N1CCC(F)(C(=O)O)C1. The molecule has 0 aromatic heterocycles. The van der Waals surface area contributed by atoms with Crippen LogP contribution in [0.4, 0.5) is 4.39 Å². The number of amides is 1. The average molecular weight is 332 g/mol. The van der Waals surface area contributed by atoms with Gasteiger partial charge in [-0.2, -0.15) is 0 Å². The van der Waals surface area contributed by atoms with Crippen LogP contribution in [0.5, 0.6) is 0 Å². The van der Waals surface area contributed by atoms with Crippen molar-refractivity contribution in [1.82, 2.24) is 4.90 Å². The summed E-state index contributed by atoms with van der Waals surface area (Å²) in [6, 6.07) is 7.15. The molecule has 1 aromatic carbocycles. The zero-order valence-electron chi connectivity index (χ0n) is 11.4. The number of carbonyl (C=O) groups is 2. The van der Waals surface area contributed by atoms with Crippen LogP contribution in [0.25, 0.3) is 0 Å². The van der Waals surface area contributed by atoms with Crippen molar-refractivity contribution in [2.24, 2.45) is 0 Å². The third-order valence-electron chi connectivity index (χ3n) is 3.40. The number of carboxylic acid groups (broad SMARTS) is 1. The van der Waals surface area contributed by atoms with Crippen molar-refractivity contribution in [3.8, 4) is 0 Å². The molecule has 2 unspecified atom stereocenters. The Balaban J connectivity index is 2.01. The van der Waals surface area contributed by atoms with E-state index in [9.17, 15) is 14.0 Å². The molecule has 0 radical (unpaired) electrons. The first-order valence-corrected chi connectivity index (χ1v) is 7.71.